The zero-order valence-corrected chi connectivity index (χ0v) is 14.5. The van der Waals surface area contributed by atoms with Gasteiger partial charge in [-0.05, 0) is 48.4 Å². The number of likely N-dealkylation sites (tertiary alicyclic amines) is 1. The molecule has 0 unspecified atom stereocenters. The second-order valence-corrected chi connectivity index (χ2v) is 7.77. The minimum atomic E-state index is 0.245. The van der Waals surface area contributed by atoms with E-state index in [0.29, 0.717) is 17.7 Å². The SMILES string of the molecule is C[C@@H]1CN(Cc2ccccc2)[C@@H]2CCC[C@]1(c1cccc(O)c1)C2. The molecule has 2 fully saturated rings. The first-order valence-electron chi connectivity index (χ1n) is 9.25. The average Bonchev–Trinajstić information content (AvgIpc) is 2.61. The summed E-state index contributed by atoms with van der Waals surface area (Å²) >= 11 is 0. The van der Waals surface area contributed by atoms with Crippen LogP contribution in [0.1, 0.15) is 43.7 Å². The van der Waals surface area contributed by atoms with Gasteiger partial charge in [-0.3, -0.25) is 4.90 Å². The molecule has 0 amide bonds. The standard InChI is InChI=1S/C22H27NO/c1-17-15-23(16-18-7-3-2-4-8-18)20-10-6-12-22(17,14-20)19-9-5-11-21(24)13-19/h2-5,7-9,11,13,17,20,24H,6,10,12,14-16H2,1H3/t17-,20-,22+/m1/s1. The molecule has 4 rings (SSSR count). The van der Waals surface area contributed by atoms with Gasteiger partial charge in [-0.25, -0.2) is 0 Å². The van der Waals surface area contributed by atoms with Crippen molar-refractivity contribution in [3.8, 4) is 5.75 Å². The van der Waals surface area contributed by atoms with Crippen LogP contribution in [0.4, 0.5) is 0 Å². The fourth-order valence-corrected chi connectivity index (χ4v) is 5.09. The maximum atomic E-state index is 9.96. The quantitative estimate of drug-likeness (QED) is 0.884. The third-order valence-corrected chi connectivity index (χ3v) is 6.38. The highest BCUT2D eigenvalue weighted by Crippen LogP contribution is 2.50. The van der Waals surface area contributed by atoms with E-state index in [2.05, 4.69) is 48.2 Å². The number of rotatable bonds is 3. The summed E-state index contributed by atoms with van der Waals surface area (Å²) in [6.07, 6.45) is 5.08. The van der Waals surface area contributed by atoms with E-state index in [-0.39, 0.29) is 5.41 Å². The summed E-state index contributed by atoms with van der Waals surface area (Å²) in [7, 11) is 0. The Bertz CT molecular complexity index is 698. The molecule has 126 valence electrons. The summed E-state index contributed by atoms with van der Waals surface area (Å²) in [5.41, 5.74) is 3.01. The fourth-order valence-electron chi connectivity index (χ4n) is 5.09. The Morgan fingerprint density at radius 2 is 1.96 bits per heavy atom. The molecule has 2 bridgehead atoms. The van der Waals surface area contributed by atoms with Gasteiger partial charge in [0.15, 0.2) is 0 Å². The smallest absolute Gasteiger partial charge is 0.115 e. The van der Waals surface area contributed by atoms with Crippen molar-refractivity contribution in [3.63, 3.8) is 0 Å². The van der Waals surface area contributed by atoms with Crippen LogP contribution in [-0.2, 0) is 12.0 Å². The third-order valence-electron chi connectivity index (χ3n) is 6.38. The van der Waals surface area contributed by atoms with E-state index in [1.54, 1.807) is 6.07 Å². The molecule has 2 aliphatic rings. The van der Waals surface area contributed by atoms with E-state index >= 15 is 0 Å². The summed E-state index contributed by atoms with van der Waals surface area (Å²) in [6.45, 7) is 4.62. The van der Waals surface area contributed by atoms with Gasteiger partial charge in [0, 0.05) is 24.5 Å². The molecule has 24 heavy (non-hydrogen) atoms. The minimum absolute atomic E-state index is 0.245. The van der Waals surface area contributed by atoms with Crippen LogP contribution in [0, 0.1) is 5.92 Å². The highest BCUT2D eigenvalue weighted by atomic mass is 16.3. The van der Waals surface area contributed by atoms with Crippen molar-refractivity contribution in [3.05, 3.63) is 65.7 Å². The molecule has 0 aromatic heterocycles. The van der Waals surface area contributed by atoms with Crippen LogP contribution in [0.25, 0.3) is 0 Å². The second kappa shape index (κ2) is 6.25. The molecule has 0 spiro atoms. The highest BCUT2D eigenvalue weighted by Gasteiger charge is 2.47. The van der Waals surface area contributed by atoms with Crippen LogP contribution >= 0.6 is 0 Å². The van der Waals surface area contributed by atoms with Crippen LogP contribution < -0.4 is 0 Å². The van der Waals surface area contributed by atoms with E-state index in [9.17, 15) is 5.11 Å². The predicted molar refractivity (Wildman–Crippen MR) is 98.1 cm³/mol. The highest BCUT2D eigenvalue weighted by molar-refractivity contribution is 5.35. The number of piperidine rings is 1. The number of nitrogens with zero attached hydrogens (tertiary/aromatic N) is 1. The van der Waals surface area contributed by atoms with Crippen molar-refractivity contribution >= 4 is 0 Å². The summed E-state index contributed by atoms with van der Waals surface area (Å²) < 4.78 is 0. The van der Waals surface area contributed by atoms with E-state index in [1.165, 1.54) is 36.8 Å². The number of fused-ring (bicyclic) bond motifs is 2. The zero-order chi connectivity index (χ0) is 16.6. The molecule has 1 N–H and O–H groups in total. The molecule has 1 saturated carbocycles. The van der Waals surface area contributed by atoms with E-state index in [0.717, 1.165) is 13.1 Å². The van der Waals surface area contributed by atoms with Gasteiger partial charge in [0.2, 0.25) is 0 Å². The lowest BCUT2D eigenvalue weighted by molar-refractivity contribution is 0.00476. The van der Waals surface area contributed by atoms with Gasteiger partial charge in [-0.15, -0.1) is 0 Å². The summed E-state index contributed by atoms with van der Waals surface area (Å²) in [5.74, 6) is 1.02. The lowest BCUT2D eigenvalue weighted by Crippen LogP contribution is -2.55. The molecule has 1 saturated heterocycles. The van der Waals surface area contributed by atoms with Crippen LogP contribution in [0.3, 0.4) is 0 Å². The Labute approximate surface area is 145 Å². The first-order chi connectivity index (χ1) is 11.7. The molecular formula is C22H27NO. The number of phenolic OH excluding ortho intramolecular Hbond substituents is 1. The number of aromatic hydroxyl groups is 1. The Morgan fingerprint density at radius 3 is 2.75 bits per heavy atom. The molecule has 1 aliphatic carbocycles. The van der Waals surface area contributed by atoms with Crippen molar-refractivity contribution in [1.29, 1.82) is 0 Å². The Hall–Kier alpha value is -1.80. The van der Waals surface area contributed by atoms with Crippen molar-refractivity contribution in [2.75, 3.05) is 6.54 Å². The molecule has 2 heteroatoms. The van der Waals surface area contributed by atoms with Gasteiger partial charge >= 0.3 is 0 Å². The van der Waals surface area contributed by atoms with Crippen molar-refractivity contribution < 1.29 is 5.11 Å². The lowest BCUT2D eigenvalue weighted by Gasteiger charge is -2.54. The molecule has 0 radical (unpaired) electrons. The molecule has 1 aliphatic heterocycles. The van der Waals surface area contributed by atoms with E-state index in [4.69, 9.17) is 0 Å². The Morgan fingerprint density at radius 1 is 1.12 bits per heavy atom. The van der Waals surface area contributed by atoms with Crippen LogP contribution in [0.5, 0.6) is 5.75 Å². The fraction of sp³-hybridized carbons (Fsp3) is 0.455. The maximum Gasteiger partial charge on any atom is 0.115 e. The summed E-state index contributed by atoms with van der Waals surface area (Å²) in [6, 6.07) is 19.5. The zero-order valence-electron chi connectivity index (χ0n) is 14.5. The van der Waals surface area contributed by atoms with Crippen molar-refractivity contribution in [2.24, 2.45) is 5.92 Å². The van der Waals surface area contributed by atoms with Gasteiger partial charge in [-0.1, -0.05) is 55.8 Å². The van der Waals surface area contributed by atoms with Crippen LogP contribution in [0.2, 0.25) is 0 Å². The number of hydrogen-bond acceptors (Lipinski definition) is 2. The maximum absolute atomic E-state index is 9.96. The lowest BCUT2D eigenvalue weighted by atomic mass is 9.58. The molecule has 2 nitrogen and oxygen atoms in total. The van der Waals surface area contributed by atoms with Gasteiger partial charge in [0.05, 0.1) is 0 Å². The largest absolute Gasteiger partial charge is 0.508 e. The first kappa shape index (κ1) is 15.7. The molecule has 2 aromatic carbocycles. The van der Waals surface area contributed by atoms with Crippen molar-refractivity contribution in [1.82, 2.24) is 4.90 Å². The number of benzene rings is 2. The van der Waals surface area contributed by atoms with E-state index < -0.39 is 0 Å². The van der Waals surface area contributed by atoms with Gasteiger partial charge in [0.1, 0.15) is 5.75 Å². The van der Waals surface area contributed by atoms with Gasteiger partial charge in [-0.2, -0.15) is 0 Å². The normalized spacial score (nSPS) is 30.2. The van der Waals surface area contributed by atoms with Gasteiger partial charge < -0.3 is 5.11 Å². The molecular weight excluding hydrogens is 294 g/mol. The molecule has 3 atom stereocenters. The minimum Gasteiger partial charge on any atom is -0.508 e. The molecule has 1 heterocycles. The number of phenols is 1. The Balaban J connectivity index is 1.60. The van der Waals surface area contributed by atoms with E-state index in [1.807, 2.05) is 12.1 Å². The summed E-state index contributed by atoms with van der Waals surface area (Å²) in [4.78, 5) is 2.69. The summed E-state index contributed by atoms with van der Waals surface area (Å²) in [5, 5.41) is 9.96. The van der Waals surface area contributed by atoms with Gasteiger partial charge in [0.25, 0.3) is 0 Å². The van der Waals surface area contributed by atoms with Crippen LogP contribution in [0.15, 0.2) is 54.6 Å². The number of hydrogen-bond donors (Lipinski definition) is 1. The first-order valence-corrected chi connectivity index (χ1v) is 9.25. The predicted octanol–water partition coefficient (Wildman–Crippen LogP) is 4.72. The Kier molecular flexibility index (Phi) is 4.09. The second-order valence-electron chi connectivity index (χ2n) is 7.77. The average molecular weight is 321 g/mol. The topological polar surface area (TPSA) is 23.5 Å². The monoisotopic (exact) mass is 321 g/mol. The third kappa shape index (κ3) is 2.73. The molecule has 2 aromatic rings. The van der Waals surface area contributed by atoms with Crippen molar-refractivity contribution in [2.45, 2.75) is 50.6 Å². The van der Waals surface area contributed by atoms with Crippen LogP contribution in [-0.4, -0.2) is 22.6 Å².